The van der Waals surface area contributed by atoms with Gasteiger partial charge in [-0.15, -0.1) is 0 Å². The van der Waals surface area contributed by atoms with Gasteiger partial charge in [-0.05, 0) is 18.6 Å². The van der Waals surface area contributed by atoms with Crippen molar-refractivity contribution in [2.75, 3.05) is 5.32 Å². The van der Waals surface area contributed by atoms with Crippen LogP contribution in [0.3, 0.4) is 0 Å². The second kappa shape index (κ2) is 5.66. The molecule has 0 saturated heterocycles. The summed E-state index contributed by atoms with van der Waals surface area (Å²) in [6.07, 6.45) is 4.71. The van der Waals surface area contributed by atoms with Gasteiger partial charge in [0.1, 0.15) is 6.26 Å². The van der Waals surface area contributed by atoms with Crippen LogP contribution in [0.5, 0.6) is 0 Å². The number of nitrogens with zero attached hydrogens (tertiary/aromatic N) is 2. The van der Waals surface area contributed by atoms with Gasteiger partial charge in [-0.1, -0.05) is 30.3 Å². The summed E-state index contributed by atoms with van der Waals surface area (Å²) in [6.45, 7) is 2.06. The minimum Gasteiger partial charge on any atom is -0.472 e. The summed E-state index contributed by atoms with van der Waals surface area (Å²) in [7, 11) is 0. The zero-order valence-electron chi connectivity index (χ0n) is 11.6. The Morgan fingerprint density at radius 1 is 1.24 bits per heavy atom. The van der Waals surface area contributed by atoms with Crippen LogP contribution >= 0.6 is 0 Å². The number of hydrogen-bond acceptors (Lipinski definition) is 3. The van der Waals surface area contributed by atoms with E-state index in [1.54, 1.807) is 12.1 Å². The van der Waals surface area contributed by atoms with Gasteiger partial charge in [0.15, 0.2) is 5.82 Å². The maximum atomic E-state index is 11.9. The number of carbonyl (C=O) groups is 1. The molecule has 1 atom stereocenters. The summed E-state index contributed by atoms with van der Waals surface area (Å²) in [5.41, 5.74) is 1.63. The summed E-state index contributed by atoms with van der Waals surface area (Å²) in [6, 6.07) is 13.6. The molecule has 21 heavy (non-hydrogen) atoms. The molecule has 2 aromatic heterocycles. The van der Waals surface area contributed by atoms with Gasteiger partial charge in [0, 0.05) is 12.3 Å². The quantitative estimate of drug-likeness (QED) is 0.798. The summed E-state index contributed by atoms with van der Waals surface area (Å²) in [5, 5.41) is 7.13. The normalized spacial score (nSPS) is 12.0. The van der Waals surface area contributed by atoms with Gasteiger partial charge < -0.3 is 9.73 Å². The van der Waals surface area contributed by atoms with Gasteiger partial charge in [-0.2, -0.15) is 5.10 Å². The Bertz CT molecular complexity index is 717. The predicted octanol–water partition coefficient (Wildman–Crippen LogP) is 3.34. The zero-order valence-corrected chi connectivity index (χ0v) is 11.6. The molecule has 5 nitrogen and oxygen atoms in total. The molecule has 0 saturated carbocycles. The molecule has 0 unspecified atom stereocenters. The molecule has 2 heterocycles. The van der Waals surface area contributed by atoms with E-state index in [9.17, 15) is 4.79 Å². The number of nitrogens with one attached hydrogen (secondary N) is 1. The molecule has 5 heteroatoms. The lowest BCUT2D eigenvalue weighted by molar-refractivity contribution is 0.102. The molecule has 1 amide bonds. The van der Waals surface area contributed by atoms with E-state index >= 15 is 0 Å². The number of benzene rings is 1. The van der Waals surface area contributed by atoms with E-state index in [1.807, 2.05) is 29.1 Å². The van der Waals surface area contributed by atoms with Crippen LogP contribution in [-0.4, -0.2) is 15.7 Å². The molecule has 0 aliphatic rings. The smallest absolute Gasteiger partial charge is 0.260 e. The minimum atomic E-state index is -0.235. The Morgan fingerprint density at radius 2 is 2.05 bits per heavy atom. The van der Waals surface area contributed by atoms with Crippen molar-refractivity contribution < 1.29 is 9.21 Å². The van der Waals surface area contributed by atoms with E-state index in [2.05, 4.69) is 29.5 Å². The average Bonchev–Trinajstić information content (AvgIpc) is 3.19. The Labute approximate surface area is 122 Å². The molecule has 0 aliphatic carbocycles. The number of aromatic nitrogens is 2. The van der Waals surface area contributed by atoms with E-state index in [-0.39, 0.29) is 11.9 Å². The van der Waals surface area contributed by atoms with Gasteiger partial charge >= 0.3 is 0 Å². The Morgan fingerprint density at radius 3 is 2.76 bits per heavy atom. The first kappa shape index (κ1) is 13.2. The van der Waals surface area contributed by atoms with Crippen molar-refractivity contribution in [3.05, 3.63) is 72.3 Å². The Kier molecular flexibility index (Phi) is 3.55. The van der Waals surface area contributed by atoms with Crippen LogP contribution in [0, 0.1) is 0 Å². The topological polar surface area (TPSA) is 60.1 Å². The lowest BCUT2D eigenvalue weighted by Crippen LogP contribution is -2.13. The van der Waals surface area contributed by atoms with Crippen LogP contribution in [0.2, 0.25) is 0 Å². The van der Waals surface area contributed by atoms with E-state index in [0.29, 0.717) is 11.4 Å². The number of anilines is 1. The highest BCUT2D eigenvalue weighted by Gasteiger charge is 2.12. The lowest BCUT2D eigenvalue weighted by atomic mass is 10.1. The van der Waals surface area contributed by atoms with Crippen LogP contribution in [0.25, 0.3) is 0 Å². The standard InChI is InChI=1S/C16H15N3O2/c1-12(13-5-3-2-4-6-13)19-9-7-15(18-19)17-16(20)14-8-10-21-11-14/h2-12H,1H3,(H,17,18,20)/t12-/m1/s1. The fourth-order valence-corrected chi connectivity index (χ4v) is 2.09. The van der Waals surface area contributed by atoms with E-state index < -0.39 is 0 Å². The number of furan rings is 1. The number of carbonyl (C=O) groups excluding carboxylic acids is 1. The zero-order chi connectivity index (χ0) is 14.7. The van der Waals surface area contributed by atoms with Crippen LogP contribution in [0.4, 0.5) is 5.82 Å². The van der Waals surface area contributed by atoms with Gasteiger partial charge in [0.2, 0.25) is 0 Å². The van der Waals surface area contributed by atoms with Crippen molar-refractivity contribution in [3.8, 4) is 0 Å². The molecular weight excluding hydrogens is 266 g/mol. The molecular formula is C16H15N3O2. The van der Waals surface area contributed by atoms with Gasteiger partial charge in [-0.25, -0.2) is 0 Å². The van der Waals surface area contributed by atoms with Crippen LogP contribution in [0.1, 0.15) is 28.9 Å². The average molecular weight is 281 g/mol. The van der Waals surface area contributed by atoms with Gasteiger partial charge in [0.05, 0.1) is 17.9 Å². The number of hydrogen-bond donors (Lipinski definition) is 1. The molecule has 1 aromatic carbocycles. The third-order valence-corrected chi connectivity index (χ3v) is 3.31. The first-order valence-electron chi connectivity index (χ1n) is 6.67. The third-order valence-electron chi connectivity index (χ3n) is 3.31. The van der Waals surface area contributed by atoms with E-state index in [1.165, 1.54) is 12.5 Å². The summed E-state index contributed by atoms with van der Waals surface area (Å²) in [5.74, 6) is 0.283. The predicted molar refractivity (Wildman–Crippen MR) is 79.1 cm³/mol. The van der Waals surface area contributed by atoms with Gasteiger partial charge in [0.25, 0.3) is 5.91 Å². The molecule has 0 radical (unpaired) electrons. The second-order valence-electron chi connectivity index (χ2n) is 4.73. The number of rotatable bonds is 4. The Balaban J connectivity index is 1.73. The molecule has 1 N–H and O–H groups in total. The first-order chi connectivity index (χ1) is 10.2. The highest BCUT2D eigenvalue weighted by atomic mass is 16.3. The van der Waals surface area contributed by atoms with Crippen molar-refractivity contribution in [3.63, 3.8) is 0 Å². The van der Waals surface area contributed by atoms with Crippen molar-refractivity contribution in [1.82, 2.24) is 9.78 Å². The fraction of sp³-hybridized carbons (Fsp3) is 0.125. The largest absolute Gasteiger partial charge is 0.472 e. The van der Waals surface area contributed by atoms with E-state index in [0.717, 1.165) is 5.56 Å². The van der Waals surface area contributed by atoms with Crippen molar-refractivity contribution >= 4 is 11.7 Å². The maximum absolute atomic E-state index is 11.9. The van der Waals surface area contributed by atoms with Crippen molar-refractivity contribution in [1.29, 1.82) is 0 Å². The van der Waals surface area contributed by atoms with Crippen LogP contribution < -0.4 is 5.32 Å². The monoisotopic (exact) mass is 281 g/mol. The molecule has 106 valence electrons. The third kappa shape index (κ3) is 2.86. The molecule has 3 aromatic rings. The fourth-order valence-electron chi connectivity index (χ4n) is 2.09. The minimum absolute atomic E-state index is 0.103. The molecule has 0 bridgehead atoms. The summed E-state index contributed by atoms with van der Waals surface area (Å²) >= 11 is 0. The summed E-state index contributed by atoms with van der Waals surface area (Å²) < 4.78 is 6.71. The highest BCUT2D eigenvalue weighted by Crippen LogP contribution is 2.18. The second-order valence-corrected chi connectivity index (χ2v) is 4.73. The van der Waals surface area contributed by atoms with E-state index in [4.69, 9.17) is 4.42 Å². The van der Waals surface area contributed by atoms with Crippen LogP contribution in [0.15, 0.2) is 65.6 Å². The lowest BCUT2D eigenvalue weighted by Gasteiger charge is -2.12. The first-order valence-corrected chi connectivity index (χ1v) is 6.67. The molecule has 0 spiro atoms. The molecule has 0 fully saturated rings. The molecule has 0 aliphatic heterocycles. The maximum Gasteiger partial charge on any atom is 0.260 e. The highest BCUT2D eigenvalue weighted by molar-refractivity contribution is 6.03. The van der Waals surface area contributed by atoms with Crippen molar-refractivity contribution in [2.45, 2.75) is 13.0 Å². The van der Waals surface area contributed by atoms with Crippen LogP contribution in [-0.2, 0) is 0 Å². The Hall–Kier alpha value is -2.82. The molecule has 3 rings (SSSR count). The van der Waals surface area contributed by atoms with Crippen molar-refractivity contribution in [2.24, 2.45) is 0 Å². The number of amides is 1. The summed E-state index contributed by atoms with van der Waals surface area (Å²) in [4.78, 5) is 11.9. The SMILES string of the molecule is C[C@H](c1ccccc1)n1ccc(NC(=O)c2ccoc2)n1. The van der Waals surface area contributed by atoms with Gasteiger partial charge in [-0.3, -0.25) is 9.48 Å².